The average molecular weight is 395 g/mol. The van der Waals surface area contributed by atoms with Crippen LogP contribution in [0, 0.1) is 0 Å². The highest BCUT2D eigenvalue weighted by Gasteiger charge is 2.39. The Balaban J connectivity index is 1.39. The number of hydroxylamine groups is 1. The maximum Gasteiger partial charge on any atom is 0.162 e. The zero-order chi connectivity index (χ0) is 19.7. The van der Waals surface area contributed by atoms with Crippen LogP contribution >= 0.6 is 0 Å². The molecule has 0 amide bonds. The summed E-state index contributed by atoms with van der Waals surface area (Å²) in [6.07, 6.45) is 4.76. The van der Waals surface area contributed by atoms with Gasteiger partial charge in [0.1, 0.15) is 18.3 Å². The fourth-order valence-electron chi connectivity index (χ4n) is 4.20. The molecule has 2 aromatic rings. The molecule has 1 saturated heterocycles. The van der Waals surface area contributed by atoms with Crippen molar-refractivity contribution >= 4 is 5.70 Å². The number of benzene rings is 2. The van der Waals surface area contributed by atoms with E-state index in [-0.39, 0.29) is 24.9 Å². The SMILES string of the molecule is OCCOc1ccc(C2=CC3(CCOC3)ON2)cc1OC1Cc2ccccc2C1. The molecule has 6 heteroatoms. The third-order valence-electron chi connectivity index (χ3n) is 5.70. The van der Waals surface area contributed by atoms with E-state index >= 15 is 0 Å². The highest BCUT2D eigenvalue weighted by molar-refractivity contribution is 5.68. The largest absolute Gasteiger partial charge is 0.487 e. The molecule has 0 bridgehead atoms. The topological polar surface area (TPSA) is 69.2 Å². The third-order valence-corrected chi connectivity index (χ3v) is 5.70. The van der Waals surface area contributed by atoms with E-state index in [2.05, 4.69) is 35.8 Å². The number of ether oxygens (including phenoxy) is 3. The lowest BCUT2D eigenvalue weighted by molar-refractivity contribution is -0.0373. The van der Waals surface area contributed by atoms with Crippen molar-refractivity contribution in [2.45, 2.75) is 31.0 Å². The van der Waals surface area contributed by atoms with E-state index in [9.17, 15) is 0 Å². The van der Waals surface area contributed by atoms with Crippen LogP contribution in [-0.2, 0) is 22.4 Å². The van der Waals surface area contributed by atoms with Gasteiger partial charge in [0.05, 0.1) is 18.9 Å². The fourth-order valence-corrected chi connectivity index (χ4v) is 4.20. The van der Waals surface area contributed by atoms with Gasteiger partial charge in [0.25, 0.3) is 0 Å². The molecule has 3 aliphatic rings. The Morgan fingerprint density at radius 3 is 2.66 bits per heavy atom. The summed E-state index contributed by atoms with van der Waals surface area (Å²) >= 11 is 0. The van der Waals surface area contributed by atoms with Gasteiger partial charge in [-0.15, -0.1) is 0 Å². The Bertz CT molecular complexity index is 894. The maximum absolute atomic E-state index is 9.15. The van der Waals surface area contributed by atoms with Gasteiger partial charge in [0.2, 0.25) is 0 Å². The summed E-state index contributed by atoms with van der Waals surface area (Å²) in [4.78, 5) is 5.81. The Labute approximate surface area is 170 Å². The summed E-state index contributed by atoms with van der Waals surface area (Å²) in [7, 11) is 0. The molecule has 1 aliphatic carbocycles. The van der Waals surface area contributed by atoms with Gasteiger partial charge in [-0.1, -0.05) is 24.3 Å². The molecular formula is C23H25NO5. The normalized spacial score (nSPS) is 23.1. The van der Waals surface area contributed by atoms with Crippen molar-refractivity contribution in [1.82, 2.24) is 5.48 Å². The molecule has 0 saturated carbocycles. The minimum atomic E-state index is -0.379. The lowest BCUT2D eigenvalue weighted by atomic mass is 10.0. The second-order valence-corrected chi connectivity index (χ2v) is 7.78. The highest BCUT2D eigenvalue weighted by atomic mass is 16.7. The second-order valence-electron chi connectivity index (χ2n) is 7.78. The van der Waals surface area contributed by atoms with E-state index in [1.807, 2.05) is 18.2 Å². The van der Waals surface area contributed by atoms with Gasteiger partial charge in [0.15, 0.2) is 11.5 Å². The highest BCUT2D eigenvalue weighted by Crippen LogP contribution is 2.37. The van der Waals surface area contributed by atoms with Gasteiger partial charge >= 0.3 is 0 Å². The summed E-state index contributed by atoms with van der Waals surface area (Å²) in [5, 5.41) is 9.15. The number of aliphatic hydroxyl groups is 1. The molecule has 2 aromatic carbocycles. The summed E-state index contributed by atoms with van der Waals surface area (Å²) < 4.78 is 17.6. The van der Waals surface area contributed by atoms with E-state index in [4.69, 9.17) is 24.2 Å². The van der Waals surface area contributed by atoms with Crippen molar-refractivity contribution in [2.24, 2.45) is 0 Å². The van der Waals surface area contributed by atoms with E-state index in [1.165, 1.54) is 11.1 Å². The number of hydrogen-bond donors (Lipinski definition) is 2. The van der Waals surface area contributed by atoms with Crippen molar-refractivity contribution < 1.29 is 24.2 Å². The Hall–Kier alpha value is -2.54. The van der Waals surface area contributed by atoms with Crippen LogP contribution in [0.3, 0.4) is 0 Å². The summed E-state index contributed by atoms with van der Waals surface area (Å²) in [6, 6.07) is 14.3. The average Bonchev–Trinajstić information content (AvgIpc) is 3.47. The van der Waals surface area contributed by atoms with E-state index in [0.29, 0.717) is 24.7 Å². The van der Waals surface area contributed by atoms with Crippen LogP contribution in [0.15, 0.2) is 48.5 Å². The van der Waals surface area contributed by atoms with Crippen molar-refractivity contribution in [3.05, 3.63) is 65.2 Å². The van der Waals surface area contributed by atoms with Crippen molar-refractivity contribution in [2.75, 3.05) is 26.4 Å². The van der Waals surface area contributed by atoms with Gasteiger partial charge in [-0.25, -0.2) is 0 Å². The Kier molecular flexibility index (Phi) is 4.91. The smallest absolute Gasteiger partial charge is 0.162 e. The van der Waals surface area contributed by atoms with Gasteiger partial charge in [-0.2, -0.15) is 0 Å². The Morgan fingerprint density at radius 2 is 1.93 bits per heavy atom. The van der Waals surface area contributed by atoms with Crippen LogP contribution in [0.2, 0.25) is 0 Å². The van der Waals surface area contributed by atoms with Crippen LogP contribution in [0.4, 0.5) is 0 Å². The summed E-state index contributed by atoms with van der Waals surface area (Å²) in [5.74, 6) is 1.32. The van der Waals surface area contributed by atoms with Crippen molar-refractivity contribution in [3.8, 4) is 11.5 Å². The maximum atomic E-state index is 9.15. The Morgan fingerprint density at radius 1 is 1.10 bits per heavy atom. The molecule has 1 unspecified atom stereocenters. The minimum Gasteiger partial charge on any atom is -0.487 e. The molecular weight excluding hydrogens is 370 g/mol. The first-order valence-corrected chi connectivity index (χ1v) is 10.1. The first kappa shape index (κ1) is 18.5. The van der Waals surface area contributed by atoms with Crippen LogP contribution in [0.1, 0.15) is 23.1 Å². The molecule has 29 heavy (non-hydrogen) atoms. The summed E-state index contributed by atoms with van der Waals surface area (Å²) in [6.45, 7) is 1.45. The molecule has 0 radical (unpaired) electrons. The molecule has 0 aromatic heterocycles. The molecule has 1 fully saturated rings. The van der Waals surface area contributed by atoms with Crippen LogP contribution in [0.5, 0.6) is 11.5 Å². The summed E-state index contributed by atoms with van der Waals surface area (Å²) in [5.41, 5.74) is 7.22. The monoisotopic (exact) mass is 395 g/mol. The molecule has 1 atom stereocenters. The van der Waals surface area contributed by atoms with E-state index in [1.54, 1.807) is 0 Å². The standard InChI is InChI=1S/C23H25NO5/c25-8-10-27-21-6-5-18(20-14-23(29-24-20)7-9-26-15-23)13-22(21)28-19-11-16-3-1-2-4-17(16)12-19/h1-6,13-14,19,24-25H,7-12,15H2. The number of nitrogens with one attached hydrogen (secondary N) is 1. The van der Waals surface area contributed by atoms with Crippen molar-refractivity contribution in [1.29, 1.82) is 0 Å². The molecule has 5 rings (SSSR count). The van der Waals surface area contributed by atoms with Gasteiger partial charge in [-0.05, 0) is 35.4 Å². The zero-order valence-electron chi connectivity index (χ0n) is 16.2. The van der Waals surface area contributed by atoms with Crippen LogP contribution < -0.4 is 15.0 Å². The van der Waals surface area contributed by atoms with Gasteiger partial charge in [0, 0.05) is 31.4 Å². The number of aliphatic hydroxyl groups excluding tert-OH is 1. The molecule has 1 spiro atoms. The molecule has 2 N–H and O–H groups in total. The minimum absolute atomic E-state index is 0.0425. The van der Waals surface area contributed by atoms with Gasteiger partial charge in [-0.3, -0.25) is 10.3 Å². The molecule has 2 aliphatic heterocycles. The fraction of sp³-hybridized carbons (Fsp3) is 0.391. The number of hydrogen-bond acceptors (Lipinski definition) is 6. The lowest BCUT2D eigenvalue weighted by Crippen LogP contribution is -2.29. The van der Waals surface area contributed by atoms with E-state index < -0.39 is 0 Å². The molecule has 152 valence electrons. The van der Waals surface area contributed by atoms with Crippen LogP contribution in [-0.4, -0.2) is 43.2 Å². The molecule has 2 heterocycles. The predicted molar refractivity (Wildman–Crippen MR) is 108 cm³/mol. The number of rotatable bonds is 6. The first-order chi connectivity index (χ1) is 14.2. The predicted octanol–water partition coefficient (Wildman–Crippen LogP) is 2.64. The quantitative estimate of drug-likeness (QED) is 0.784. The molecule has 6 nitrogen and oxygen atoms in total. The van der Waals surface area contributed by atoms with E-state index in [0.717, 1.165) is 30.5 Å². The third kappa shape index (κ3) is 3.71. The lowest BCUT2D eigenvalue weighted by Gasteiger charge is -2.18. The first-order valence-electron chi connectivity index (χ1n) is 10.1. The van der Waals surface area contributed by atoms with Crippen LogP contribution in [0.25, 0.3) is 5.70 Å². The van der Waals surface area contributed by atoms with Crippen molar-refractivity contribution in [3.63, 3.8) is 0 Å². The zero-order valence-corrected chi connectivity index (χ0v) is 16.2. The number of fused-ring (bicyclic) bond motifs is 1. The van der Waals surface area contributed by atoms with Gasteiger partial charge < -0.3 is 19.3 Å². The second kappa shape index (κ2) is 7.71.